The van der Waals surface area contributed by atoms with Gasteiger partial charge in [-0.25, -0.2) is 4.79 Å². The lowest BCUT2D eigenvalue weighted by atomic mass is 10.1. The second-order valence-electron chi connectivity index (χ2n) is 6.00. The summed E-state index contributed by atoms with van der Waals surface area (Å²) >= 11 is 3.33. The maximum Gasteiger partial charge on any atom is 0.340 e. The van der Waals surface area contributed by atoms with Gasteiger partial charge in [-0.2, -0.15) is 0 Å². The molecular weight excluding hydrogens is 412 g/mol. The molecular formula is C20H21BrN2O4. The third kappa shape index (κ3) is 3.73. The molecule has 0 aliphatic heterocycles. The highest BCUT2D eigenvalue weighted by Crippen LogP contribution is 2.34. The number of hydrogen-bond acceptors (Lipinski definition) is 5. The van der Waals surface area contributed by atoms with Crippen molar-refractivity contribution in [2.45, 2.75) is 13.5 Å². The Morgan fingerprint density at radius 1 is 1.26 bits per heavy atom. The van der Waals surface area contributed by atoms with Crippen LogP contribution < -0.4 is 10.1 Å². The number of phenols is 1. The number of esters is 1. The van der Waals surface area contributed by atoms with Gasteiger partial charge in [0.2, 0.25) is 0 Å². The van der Waals surface area contributed by atoms with E-state index in [1.54, 1.807) is 26.2 Å². The Bertz CT molecular complexity index is 980. The topological polar surface area (TPSA) is 72.7 Å². The smallest absolute Gasteiger partial charge is 0.340 e. The minimum atomic E-state index is -0.406. The molecule has 3 rings (SSSR count). The van der Waals surface area contributed by atoms with Gasteiger partial charge in [0.1, 0.15) is 11.5 Å². The zero-order valence-corrected chi connectivity index (χ0v) is 17.0. The van der Waals surface area contributed by atoms with Crippen LogP contribution in [0.25, 0.3) is 10.9 Å². The second-order valence-corrected chi connectivity index (χ2v) is 6.86. The molecule has 0 amide bonds. The van der Waals surface area contributed by atoms with Crippen molar-refractivity contribution in [3.63, 3.8) is 0 Å². The number of aromatic hydroxyl groups is 1. The van der Waals surface area contributed by atoms with Crippen LogP contribution in [-0.2, 0) is 18.3 Å². The van der Waals surface area contributed by atoms with E-state index in [4.69, 9.17) is 9.47 Å². The number of nitrogens with one attached hydrogen (secondary N) is 1. The average Bonchev–Trinajstić information content (AvgIpc) is 2.92. The monoisotopic (exact) mass is 432 g/mol. The lowest BCUT2D eigenvalue weighted by Crippen LogP contribution is -2.12. The van der Waals surface area contributed by atoms with E-state index in [0.29, 0.717) is 22.0 Å². The third-order valence-corrected chi connectivity index (χ3v) is 5.05. The summed E-state index contributed by atoms with van der Waals surface area (Å²) in [6.07, 6.45) is 0. The van der Waals surface area contributed by atoms with Crippen molar-refractivity contribution in [2.75, 3.05) is 19.0 Å². The lowest BCUT2D eigenvalue weighted by Gasteiger charge is -2.11. The Labute approximate surface area is 165 Å². The molecule has 142 valence electrons. The van der Waals surface area contributed by atoms with Crippen molar-refractivity contribution < 1.29 is 19.4 Å². The van der Waals surface area contributed by atoms with Crippen LogP contribution in [0.15, 0.2) is 40.9 Å². The summed E-state index contributed by atoms with van der Waals surface area (Å²) in [4.78, 5) is 12.6. The van der Waals surface area contributed by atoms with Gasteiger partial charge in [0.15, 0.2) is 0 Å². The maximum atomic E-state index is 12.6. The van der Waals surface area contributed by atoms with Crippen LogP contribution in [0.3, 0.4) is 0 Å². The Morgan fingerprint density at radius 3 is 2.59 bits per heavy atom. The molecule has 6 nitrogen and oxygen atoms in total. The van der Waals surface area contributed by atoms with Crippen LogP contribution in [0.4, 0.5) is 5.69 Å². The van der Waals surface area contributed by atoms with E-state index < -0.39 is 5.97 Å². The van der Waals surface area contributed by atoms with Crippen molar-refractivity contribution >= 4 is 38.5 Å². The fraction of sp³-hybridized carbons (Fsp3) is 0.250. The van der Waals surface area contributed by atoms with Crippen molar-refractivity contribution in [1.29, 1.82) is 0 Å². The van der Waals surface area contributed by atoms with E-state index in [1.807, 2.05) is 35.9 Å². The van der Waals surface area contributed by atoms with Crippen molar-refractivity contribution in [2.24, 2.45) is 7.05 Å². The predicted molar refractivity (Wildman–Crippen MR) is 109 cm³/mol. The number of phenolic OH excluding ortho intramolecular Hbond substituents is 1. The number of halogens is 1. The standard InChI is InChI=1S/C20H21BrN2O4/c1-4-27-20(25)19-14-9-18(24)15(21)10-16(14)23(2)17(19)11-22-12-5-7-13(26-3)8-6-12/h5-10,22,24H,4,11H2,1-3H3. The first-order valence-corrected chi connectivity index (χ1v) is 9.30. The van der Waals surface area contributed by atoms with Crippen LogP contribution in [0.2, 0.25) is 0 Å². The number of aromatic nitrogens is 1. The summed E-state index contributed by atoms with van der Waals surface area (Å²) < 4.78 is 12.9. The molecule has 0 bridgehead atoms. The Kier molecular flexibility index (Phi) is 5.60. The molecule has 3 aromatic rings. The zero-order chi connectivity index (χ0) is 19.6. The second kappa shape index (κ2) is 7.92. The van der Waals surface area contributed by atoms with Gasteiger partial charge in [-0.3, -0.25) is 0 Å². The number of benzene rings is 2. The minimum Gasteiger partial charge on any atom is -0.507 e. The summed E-state index contributed by atoms with van der Waals surface area (Å²) in [5.41, 5.74) is 2.96. The van der Waals surface area contributed by atoms with E-state index in [2.05, 4.69) is 21.2 Å². The summed E-state index contributed by atoms with van der Waals surface area (Å²) in [7, 11) is 3.51. The Balaban J connectivity index is 2.02. The number of ether oxygens (including phenoxy) is 2. The first-order valence-electron chi connectivity index (χ1n) is 8.51. The molecule has 27 heavy (non-hydrogen) atoms. The van der Waals surface area contributed by atoms with E-state index in [0.717, 1.165) is 22.6 Å². The number of fused-ring (bicyclic) bond motifs is 1. The molecule has 0 unspecified atom stereocenters. The van der Waals surface area contributed by atoms with Gasteiger partial charge in [-0.15, -0.1) is 0 Å². The molecule has 1 aromatic heterocycles. The molecule has 0 saturated carbocycles. The van der Waals surface area contributed by atoms with Crippen LogP contribution >= 0.6 is 15.9 Å². The molecule has 2 N–H and O–H groups in total. The first-order chi connectivity index (χ1) is 13.0. The van der Waals surface area contributed by atoms with Gasteiger partial charge < -0.3 is 24.5 Å². The highest BCUT2D eigenvalue weighted by molar-refractivity contribution is 9.10. The SMILES string of the molecule is CCOC(=O)c1c(CNc2ccc(OC)cc2)n(C)c2cc(Br)c(O)cc12. The number of nitrogens with zero attached hydrogens (tertiary/aromatic N) is 1. The molecule has 0 aliphatic carbocycles. The van der Waals surface area contributed by atoms with Crippen LogP contribution in [-0.4, -0.2) is 29.4 Å². The molecule has 1 heterocycles. The Morgan fingerprint density at radius 2 is 1.96 bits per heavy atom. The summed E-state index contributed by atoms with van der Waals surface area (Å²) in [6.45, 7) is 2.47. The fourth-order valence-corrected chi connectivity index (χ4v) is 3.36. The summed E-state index contributed by atoms with van der Waals surface area (Å²) in [6, 6.07) is 10.9. The summed E-state index contributed by atoms with van der Waals surface area (Å²) in [5, 5.41) is 14.1. The number of aryl methyl sites for hydroxylation is 1. The third-order valence-electron chi connectivity index (χ3n) is 4.42. The molecule has 0 aliphatic rings. The number of carbonyl (C=O) groups is 1. The molecule has 0 atom stereocenters. The van der Waals surface area contributed by atoms with Crippen LogP contribution in [0, 0.1) is 0 Å². The van der Waals surface area contributed by atoms with E-state index in [1.165, 1.54) is 0 Å². The van der Waals surface area contributed by atoms with Gasteiger partial charge in [-0.1, -0.05) is 0 Å². The minimum absolute atomic E-state index is 0.0771. The Hall–Kier alpha value is -2.67. The first kappa shape index (κ1) is 19.1. The lowest BCUT2D eigenvalue weighted by molar-refractivity contribution is 0.0527. The molecule has 0 saturated heterocycles. The normalized spacial score (nSPS) is 10.8. The van der Waals surface area contributed by atoms with E-state index >= 15 is 0 Å². The number of methoxy groups -OCH3 is 1. The highest BCUT2D eigenvalue weighted by atomic mass is 79.9. The van der Waals surface area contributed by atoms with Gasteiger partial charge in [-0.05, 0) is 59.3 Å². The van der Waals surface area contributed by atoms with Crippen molar-refractivity contribution in [3.05, 3.63) is 52.1 Å². The zero-order valence-electron chi connectivity index (χ0n) is 15.4. The fourth-order valence-electron chi connectivity index (χ4n) is 3.03. The number of hydrogen-bond donors (Lipinski definition) is 2. The molecule has 0 radical (unpaired) electrons. The van der Waals surface area contributed by atoms with Gasteiger partial charge in [0.05, 0.1) is 41.5 Å². The number of carbonyl (C=O) groups excluding carboxylic acids is 1. The molecule has 2 aromatic carbocycles. The van der Waals surface area contributed by atoms with E-state index in [9.17, 15) is 9.90 Å². The largest absolute Gasteiger partial charge is 0.507 e. The molecule has 0 fully saturated rings. The van der Waals surface area contributed by atoms with E-state index in [-0.39, 0.29) is 12.4 Å². The molecule has 0 spiro atoms. The van der Waals surface area contributed by atoms with Gasteiger partial charge >= 0.3 is 5.97 Å². The maximum absolute atomic E-state index is 12.6. The summed E-state index contributed by atoms with van der Waals surface area (Å²) in [5.74, 6) is 0.447. The van der Waals surface area contributed by atoms with Crippen LogP contribution in [0.1, 0.15) is 23.0 Å². The highest BCUT2D eigenvalue weighted by Gasteiger charge is 2.23. The van der Waals surface area contributed by atoms with Gasteiger partial charge in [0, 0.05) is 18.1 Å². The van der Waals surface area contributed by atoms with Crippen molar-refractivity contribution in [1.82, 2.24) is 4.57 Å². The van der Waals surface area contributed by atoms with Crippen molar-refractivity contribution in [3.8, 4) is 11.5 Å². The number of rotatable bonds is 6. The number of anilines is 1. The quantitative estimate of drug-likeness (QED) is 0.563. The average molecular weight is 433 g/mol. The van der Waals surface area contributed by atoms with Gasteiger partial charge in [0.25, 0.3) is 0 Å². The predicted octanol–water partition coefficient (Wildman–Crippen LogP) is 4.44. The van der Waals surface area contributed by atoms with Crippen LogP contribution in [0.5, 0.6) is 11.5 Å². The molecule has 7 heteroatoms.